The largest absolute Gasteiger partial charge is 0.343 e. The second-order valence-electron chi connectivity index (χ2n) is 5.86. The van der Waals surface area contributed by atoms with Crippen LogP contribution >= 0.6 is 11.8 Å². The molecule has 1 aliphatic heterocycles. The number of ether oxygens (including phenoxy) is 2. The van der Waals surface area contributed by atoms with Crippen LogP contribution in [0.15, 0.2) is 40.1 Å². The van der Waals surface area contributed by atoms with Gasteiger partial charge < -0.3 is 9.47 Å². The average Bonchev–Trinajstić information content (AvgIpc) is 3.18. The van der Waals surface area contributed by atoms with E-state index in [1.165, 1.54) is 12.1 Å². The van der Waals surface area contributed by atoms with E-state index in [0.29, 0.717) is 26.1 Å². The highest BCUT2D eigenvalue weighted by atomic mass is 32.2. The van der Waals surface area contributed by atoms with Gasteiger partial charge >= 0.3 is 0 Å². The van der Waals surface area contributed by atoms with Gasteiger partial charge in [-0.25, -0.2) is 8.78 Å². The van der Waals surface area contributed by atoms with Gasteiger partial charge in [0.2, 0.25) is 0 Å². The van der Waals surface area contributed by atoms with Gasteiger partial charge in [0.15, 0.2) is 5.79 Å². The van der Waals surface area contributed by atoms with Gasteiger partial charge in [-0.2, -0.15) is 0 Å². The molecule has 2 aromatic carbocycles. The lowest BCUT2D eigenvalue weighted by molar-refractivity contribution is -0.387. The number of hydrogen-bond donors (Lipinski definition) is 0. The number of fused-ring (bicyclic) bond motifs is 2. The Bertz CT molecular complexity index is 868. The lowest BCUT2D eigenvalue weighted by Crippen LogP contribution is -2.23. The molecule has 0 amide bonds. The minimum absolute atomic E-state index is 0.109. The van der Waals surface area contributed by atoms with E-state index in [9.17, 15) is 18.9 Å². The smallest absolute Gasteiger partial charge is 0.283 e. The summed E-state index contributed by atoms with van der Waals surface area (Å²) in [5.41, 5.74) is 1.45. The zero-order chi connectivity index (χ0) is 17.6. The minimum Gasteiger partial charge on any atom is -0.343 e. The van der Waals surface area contributed by atoms with Crippen LogP contribution in [-0.2, 0) is 21.7 Å². The van der Waals surface area contributed by atoms with Crippen molar-refractivity contribution in [2.24, 2.45) is 0 Å². The van der Waals surface area contributed by atoms with Gasteiger partial charge in [0.25, 0.3) is 5.69 Å². The number of nitro benzene ring substituents is 1. The average molecular weight is 365 g/mol. The fourth-order valence-electron chi connectivity index (χ4n) is 3.26. The quantitative estimate of drug-likeness (QED) is 0.603. The van der Waals surface area contributed by atoms with Gasteiger partial charge in [0.05, 0.1) is 23.0 Å². The third kappa shape index (κ3) is 2.80. The molecule has 1 heterocycles. The number of halogens is 2. The summed E-state index contributed by atoms with van der Waals surface area (Å²) in [4.78, 5) is 11.3. The van der Waals surface area contributed by atoms with Crippen LogP contribution in [-0.4, -0.2) is 18.1 Å². The standard InChI is InChI=1S/C17H13F2NO4S/c18-11-1-2-15(13(19)8-11)25-16-9-12-10(7-14(16)20(21)22)3-4-17(12)23-5-6-24-17/h1-2,7-9H,3-6H2. The number of hydrogen-bond acceptors (Lipinski definition) is 5. The number of benzene rings is 2. The van der Waals surface area contributed by atoms with Crippen LogP contribution < -0.4 is 0 Å². The predicted molar refractivity (Wildman–Crippen MR) is 85.5 cm³/mol. The van der Waals surface area contributed by atoms with Crippen LogP contribution in [0, 0.1) is 21.7 Å². The molecule has 1 spiro atoms. The van der Waals surface area contributed by atoms with Crippen molar-refractivity contribution in [1.29, 1.82) is 0 Å². The zero-order valence-corrected chi connectivity index (χ0v) is 13.8. The second kappa shape index (κ2) is 6.05. The number of aryl methyl sites for hydroxylation is 1. The van der Waals surface area contributed by atoms with Crippen molar-refractivity contribution in [3.05, 3.63) is 63.2 Å². The summed E-state index contributed by atoms with van der Waals surface area (Å²) in [5, 5.41) is 11.4. The van der Waals surface area contributed by atoms with Crippen molar-refractivity contribution < 1.29 is 23.2 Å². The molecule has 2 aromatic rings. The highest BCUT2D eigenvalue weighted by molar-refractivity contribution is 7.99. The maximum Gasteiger partial charge on any atom is 0.283 e. The molecule has 8 heteroatoms. The molecule has 0 N–H and O–H groups in total. The lowest BCUT2D eigenvalue weighted by Gasteiger charge is -2.23. The molecule has 1 saturated heterocycles. The molecular weight excluding hydrogens is 352 g/mol. The van der Waals surface area contributed by atoms with Gasteiger partial charge in [-0.3, -0.25) is 10.1 Å². The Hall–Kier alpha value is -2.03. The third-order valence-corrected chi connectivity index (χ3v) is 5.48. The van der Waals surface area contributed by atoms with Crippen molar-refractivity contribution in [2.45, 2.75) is 28.4 Å². The Morgan fingerprint density at radius 2 is 1.88 bits per heavy atom. The second-order valence-corrected chi connectivity index (χ2v) is 6.94. The number of nitro groups is 1. The molecule has 25 heavy (non-hydrogen) atoms. The van der Waals surface area contributed by atoms with Crippen LogP contribution in [0.1, 0.15) is 17.5 Å². The normalized spacial score (nSPS) is 17.8. The minimum atomic E-state index is -0.860. The first-order chi connectivity index (χ1) is 12.0. The Morgan fingerprint density at radius 1 is 1.12 bits per heavy atom. The first-order valence-electron chi connectivity index (χ1n) is 7.71. The van der Waals surface area contributed by atoms with Crippen molar-refractivity contribution >= 4 is 17.4 Å². The first kappa shape index (κ1) is 16.4. The topological polar surface area (TPSA) is 61.6 Å². The van der Waals surface area contributed by atoms with Gasteiger partial charge in [-0.05, 0) is 30.2 Å². The van der Waals surface area contributed by atoms with Crippen LogP contribution in [0.3, 0.4) is 0 Å². The fraction of sp³-hybridized carbons (Fsp3) is 0.294. The van der Waals surface area contributed by atoms with E-state index < -0.39 is 22.3 Å². The predicted octanol–water partition coefficient (Wildman–Crippen LogP) is 4.17. The fourth-order valence-corrected chi connectivity index (χ4v) is 4.21. The van der Waals surface area contributed by atoms with E-state index in [1.807, 2.05) is 0 Å². The van der Waals surface area contributed by atoms with E-state index in [-0.39, 0.29) is 15.5 Å². The molecule has 0 atom stereocenters. The molecule has 4 rings (SSSR count). The zero-order valence-electron chi connectivity index (χ0n) is 13.0. The van der Waals surface area contributed by atoms with Crippen molar-refractivity contribution in [2.75, 3.05) is 13.2 Å². The summed E-state index contributed by atoms with van der Waals surface area (Å²) < 4.78 is 38.5. The van der Waals surface area contributed by atoms with Gasteiger partial charge in [-0.15, -0.1) is 0 Å². The molecule has 1 aliphatic carbocycles. The lowest BCUT2D eigenvalue weighted by atomic mass is 10.1. The molecule has 0 saturated carbocycles. The van der Waals surface area contributed by atoms with E-state index in [2.05, 4.69) is 0 Å². The van der Waals surface area contributed by atoms with E-state index in [0.717, 1.165) is 35.0 Å². The number of nitrogens with zero attached hydrogens (tertiary/aromatic N) is 1. The number of rotatable bonds is 3. The Morgan fingerprint density at radius 3 is 2.56 bits per heavy atom. The third-order valence-electron chi connectivity index (χ3n) is 4.38. The van der Waals surface area contributed by atoms with Gasteiger partial charge in [0, 0.05) is 29.0 Å². The molecule has 1 fully saturated rings. The van der Waals surface area contributed by atoms with Crippen LogP contribution in [0.2, 0.25) is 0 Å². The van der Waals surface area contributed by atoms with Crippen LogP contribution in [0.25, 0.3) is 0 Å². The maximum atomic E-state index is 14.0. The van der Waals surface area contributed by atoms with Gasteiger partial charge in [-0.1, -0.05) is 11.8 Å². The van der Waals surface area contributed by atoms with Crippen LogP contribution in [0.4, 0.5) is 14.5 Å². The first-order valence-corrected chi connectivity index (χ1v) is 8.53. The monoisotopic (exact) mass is 365 g/mol. The Kier molecular flexibility index (Phi) is 3.98. The SMILES string of the molecule is O=[N+]([O-])c1cc2c(cc1Sc1ccc(F)cc1F)C1(CC2)OCCO1. The molecular formula is C17H13F2NO4S. The molecule has 0 aromatic heterocycles. The van der Waals surface area contributed by atoms with Crippen molar-refractivity contribution in [3.63, 3.8) is 0 Å². The van der Waals surface area contributed by atoms with Crippen molar-refractivity contribution in [1.82, 2.24) is 0 Å². The van der Waals surface area contributed by atoms with Crippen molar-refractivity contribution in [3.8, 4) is 0 Å². The highest BCUT2D eigenvalue weighted by Crippen LogP contribution is 2.48. The summed E-state index contributed by atoms with van der Waals surface area (Å²) in [6, 6.07) is 6.28. The summed E-state index contributed by atoms with van der Waals surface area (Å²) in [5.74, 6) is -2.32. The molecule has 130 valence electrons. The molecule has 0 radical (unpaired) electrons. The van der Waals surface area contributed by atoms with E-state index in [1.54, 1.807) is 6.07 Å². The Labute approximate surface area is 146 Å². The van der Waals surface area contributed by atoms with E-state index >= 15 is 0 Å². The summed E-state index contributed by atoms with van der Waals surface area (Å²) in [7, 11) is 0. The molecule has 2 aliphatic rings. The summed E-state index contributed by atoms with van der Waals surface area (Å²) >= 11 is 0.892. The highest BCUT2D eigenvalue weighted by Gasteiger charge is 2.45. The molecule has 0 bridgehead atoms. The molecule has 0 unspecified atom stereocenters. The van der Waals surface area contributed by atoms with Gasteiger partial charge in [0.1, 0.15) is 11.6 Å². The molecule has 5 nitrogen and oxygen atoms in total. The Balaban J connectivity index is 1.79. The summed E-state index contributed by atoms with van der Waals surface area (Å²) in [6.45, 7) is 0.928. The summed E-state index contributed by atoms with van der Waals surface area (Å²) in [6.07, 6.45) is 1.21. The van der Waals surface area contributed by atoms with Crippen LogP contribution in [0.5, 0.6) is 0 Å². The maximum absolute atomic E-state index is 14.0. The van der Waals surface area contributed by atoms with E-state index in [4.69, 9.17) is 9.47 Å².